The summed E-state index contributed by atoms with van der Waals surface area (Å²) < 4.78 is 0. The van der Waals surface area contributed by atoms with E-state index < -0.39 is 0 Å². The first-order valence-corrected chi connectivity index (χ1v) is 9.11. The lowest BCUT2D eigenvalue weighted by Gasteiger charge is -2.30. The van der Waals surface area contributed by atoms with Crippen LogP contribution < -0.4 is 0 Å². The first-order valence-electron chi connectivity index (χ1n) is 9.11. The van der Waals surface area contributed by atoms with Gasteiger partial charge in [-0.05, 0) is 51.6 Å². The van der Waals surface area contributed by atoms with Gasteiger partial charge >= 0.3 is 0 Å². The molecule has 0 amide bonds. The number of ketones is 1. The number of likely N-dealkylation sites (N-methyl/N-ethyl adjacent to an activating group) is 1. The van der Waals surface area contributed by atoms with E-state index in [1.165, 1.54) is 25.7 Å². The number of Topliss-reactive ketones (excluding diaryl/α,β-unsaturated/α-hetero) is 1. The summed E-state index contributed by atoms with van der Waals surface area (Å²) >= 11 is 0. The van der Waals surface area contributed by atoms with Gasteiger partial charge in [-0.3, -0.25) is 14.7 Å². The van der Waals surface area contributed by atoms with Crippen LogP contribution in [-0.4, -0.2) is 36.0 Å². The number of allylic oxidation sites excluding steroid dienone is 2. The van der Waals surface area contributed by atoms with Gasteiger partial charge in [-0.2, -0.15) is 0 Å². The standard InChI is InChI=1S/C11H19NO.C7H9N.C2H6.CH4/c1-8(13)11-7-9-5-3-4-6-10(9)12(11)2;1-6(2)7-4-3-5-8-7;1-2;/h9-11H,3-7H2,1-2H3;4-5H,1,3H2,2H3;1-2H3;1H4/t9?,10?,11-;;;/m0.../s1. The van der Waals surface area contributed by atoms with Crippen LogP contribution in [0.2, 0.25) is 0 Å². The van der Waals surface area contributed by atoms with E-state index in [0.717, 1.165) is 30.0 Å². The fourth-order valence-corrected chi connectivity index (χ4v) is 3.79. The zero-order chi connectivity index (χ0) is 17.4. The molecule has 3 atom stereocenters. The molecule has 3 heteroatoms. The molecule has 0 radical (unpaired) electrons. The van der Waals surface area contributed by atoms with Crippen molar-refractivity contribution in [3.8, 4) is 0 Å². The van der Waals surface area contributed by atoms with E-state index in [1.54, 1.807) is 6.92 Å². The van der Waals surface area contributed by atoms with Gasteiger partial charge in [0, 0.05) is 18.7 Å². The number of rotatable bonds is 2. The quantitative estimate of drug-likeness (QED) is 0.675. The molecule has 2 aliphatic heterocycles. The lowest BCUT2D eigenvalue weighted by Crippen LogP contribution is -2.38. The number of carbonyl (C=O) groups excluding carboxylic acids is 1. The molecule has 2 fully saturated rings. The molecule has 1 saturated heterocycles. The first-order chi connectivity index (χ1) is 11.0. The van der Waals surface area contributed by atoms with E-state index in [0.29, 0.717) is 11.8 Å². The summed E-state index contributed by atoms with van der Waals surface area (Å²) in [5.41, 5.74) is 2.10. The fraction of sp³-hybridized carbons (Fsp3) is 0.714. The third-order valence-electron chi connectivity index (χ3n) is 4.96. The Hall–Kier alpha value is -1.22. The lowest BCUT2D eigenvalue weighted by molar-refractivity contribution is -0.121. The molecule has 3 aliphatic rings. The minimum absolute atomic E-state index is 0. The summed E-state index contributed by atoms with van der Waals surface area (Å²) in [6, 6.07) is 0.941. The van der Waals surface area contributed by atoms with Crippen molar-refractivity contribution in [1.82, 2.24) is 4.90 Å². The minimum atomic E-state index is 0. The lowest BCUT2D eigenvalue weighted by atomic mass is 9.84. The van der Waals surface area contributed by atoms with Crippen LogP contribution in [0.4, 0.5) is 0 Å². The van der Waals surface area contributed by atoms with E-state index in [-0.39, 0.29) is 13.5 Å². The van der Waals surface area contributed by atoms with Gasteiger partial charge in [-0.25, -0.2) is 0 Å². The van der Waals surface area contributed by atoms with Crippen LogP contribution in [0.15, 0.2) is 28.9 Å². The molecule has 0 aromatic heterocycles. The molecule has 3 nitrogen and oxygen atoms in total. The maximum Gasteiger partial charge on any atom is 0.146 e. The van der Waals surface area contributed by atoms with Crippen molar-refractivity contribution in [3.63, 3.8) is 0 Å². The number of carbonyl (C=O) groups is 1. The average Bonchev–Trinajstić information content (AvgIpc) is 3.19. The number of hydrogen-bond donors (Lipinski definition) is 0. The van der Waals surface area contributed by atoms with Crippen LogP contribution >= 0.6 is 0 Å². The molecule has 0 aromatic carbocycles. The van der Waals surface area contributed by atoms with Gasteiger partial charge in [0.25, 0.3) is 0 Å². The molecule has 138 valence electrons. The van der Waals surface area contributed by atoms with Crippen molar-refractivity contribution in [1.29, 1.82) is 0 Å². The summed E-state index contributed by atoms with van der Waals surface area (Å²) in [6.45, 7) is 11.5. The summed E-state index contributed by atoms with van der Waals surface area (Å²) in [5, 5.41) is 0. The van der Waals surface area contributed by atoms with Crippen molar-refractivity contribution < 1.29 is 4.79 Å². The van der Waals surface area contributed by atoms with Crippen LogP contribution in [-0.2, 0) is 4.79 Å². The summed E-state index contributed by atoms with van der Waals surface area (Å²) in [7, 11) is 2.13. The monoisotopic (exact) mass is 334 g/mol. The molecule has 24 heavy (non-hydrogen) atoms. The Bertz CT molecular complexity index is 464. The highest BCUT2D eigenvalue weighted by Gasteiger charge is 2.41. The molecule has 0 N–H and O–H groups in total. The molecule has 0 bridgehead atoms. The van der Waals surface area contributed by atoms with Crippen LogP contribution in [0, 0.1) is 5.92 Å². The molecular weight excluding hydrogens is 296 g/mol. The topological polar surface area (TPSA) is 32.7 Å². The molecule has 2 unspecified atom stereocenters. The minimum Gasteiger partial charge on any atom is -0.298 e. The Morgan fingerprint density at radius 3 is 2.29 bits per heavy atom. The summed E-state index contributed by atoms with van der Waals surface area (Å²) in [6.07, 6.45) is 11.4. The van der Waals surface area contributed by atoms with Crippen molar-refractivity contribution >= 4 is 12.0 Å². The third-order valence-corrected chi connectivity index (χ3v) is 4.96. The van der Waals surface area contributed by atoms with Crippen LogP contribution in [0.5, 0.6) is 0 Å². The second-order valence-corrected chi connectivity index (χ2v) is 6.56. The SMILES string of the molecule is C.C=C(C)C1=CCC=N1.CC.CC(=O)[C@@H]1CC2CCCCC2N1C. The molecule has 2 heterocycles. The van der Waals surface area contributed by atoms with Gasteiger partial charge in [0.1, 0.15) is 5.78 Å². The van der Waals surface area contributed by atoms with Crippen molar-refractivity contribution in [2.24, 2.45) is 10.9 Å². The predicted octanol–water partition coefficient (Wildman–Crippen LogP) is 5.42. The van der Waals surface area contributed by atoms with Crippen LogP contribution in [0.3, 0.4) is 0 Å². The first kappa shape index (κ1) is 22.8. The van der Waals surface area contributed by atoms with E-state index in [1.807, 2.05) is 27.0 Å². The zero-order valence-electron chi connectivity index (χ0n) is 15.6. The highest BCUT2D eigenvalue weighted by molar-refractivity contribution is 5.81. The molecule has 1 saturated carbocycles. The Labute approximate surface area is 149 Å². The normalized spacial score (nSPS) is 27.5. The van der Waals surface area contributed by atoms with Gasteiger partial charge in [-0.15, -0.1) is 0 Å². The number of fused-ring (bicyclic) bond motifs is 1. The molecule has 0 aromatic rings. The van der Waals surface area contributed by atoms with Gasteiger partial charge in [0.05, 0.1) is 11.7 Å². The van der Waals surface area contributed by atoms with Gasteiger partial charge in [-0.1, -0.05) is 46.8 Å². The third kappa shape index (κ3) is 6.01. The highest BCUT2D eigenvalue weighted by atomic mass is 16.1. The maximum atomic E-state index is 11.4. The van der Waals surface area contributed by atoms with Crippen molar-refractivity contribution in [2.45, 2.75) is 85.7 Å². The maximum absolute atomic E-state index is 11.4. The number of likely N-dealkylation sites (tertiary alicyclic amines) is 1. The fourth-order valence-electron chi connectivity index (χ4n) is 3.79. The molecule has 1 aliphatic carbocycles. The Morgan fingerprint density at radius 2 is 1.88 bits per heavy atom. The Morgan fingerprint density at radius 1 is 1.25 bits per heavy atom. The number of hydrogen-bond acceptors (Lipinski definition) is 3. The van der Waals surface area contributed by atoms with Gasteiger partial charge in [0.2, 0.25) is 0 Å². The molecule has 3 rings (SSSR count). The highest BCUT2D eigenvalue weighted by Crippen LogP contribution is 2.38. The molecular formula is C21H38N2O. The largest absolute Gasteiger partial charge is 0.298 e. The van der Waals surface area contributed by atoms with E-state index in [2.05, 4.69) is 29.6 Å². The number of nitrogens with zero attached hydrogens (tertiary/aromatic N) is 2. The van der Waals surface area contributed by atoms with Gasteiger partial charge < -0.3 is 0 Å². The predicted molar refractivity (Wildman–Crippen MR) is 107 cm³/mol. The average molecular weight is 335 g/mol. The summed E-state index contributed by atoms with van der Waals surface area (Å²) in [4.78, 5) is 17.8. The summed E-state index contributed by atoms with van der Waals surface area (Å²) in [5.74, 6) is 1.17. The smallest absolute Gasteiger partial charge is 0.146 e. The second-order valence-electron chi connectivity index (χ2n) is 6.56. The van der Waals surface area contributed by atoms with Crippen LogP contribution in [0.1, 0.15) is 73.6 Å². The van der Waals surface area contributed by atoms with Crippen LogP contribution in [0.25, 0.3) is 0 Å². The Balaban J connectivity index is 0.000000418. The molecule has 0 spiro atoms. The second kappa shape index (κ2) is 11.4. The zero-order valence-corrected chi connectivity index (χ0v) is 15.6. The van der Waals surface area contributed by atoms with E-state index >= 15 is 0 Å². The number of aliphatic imine (C=N–C) groups is 1. The van der Waals surface area contributed by atoms with E-state index in [9.17, 15) is 4.79 Å². The Kier molecular flexibility index (Phi) is 10.8. The van der Waals surface area contributed by atoms with Gasteiger partial charge in [0.15, 0.2) is 0 Å². The van der Waals surface area contributed by atoms with Crippen molar-refractivity contribution in [2.75, 3.05) is 7.05 Å². The van der Waals surface area contributed by atoms with Crippen molar-refractivity contribution in [3.05, 3.63) is 23.9 Å². The van der Waals surface area contributed by atoms with E-state index in [4.69, 9.17) is 0 Å².